The van der Waals surface area contributed by atoms with Crippen LogP contribution in [-0.4, -0.2) is 36.5 Å². The predicted octanol–water partition coefficient (Wildman–Crippen LogP) is 3.94. The first-order chi connectivity index (χ1) is 13.5. The first-order valence-corrected chi connectivity index (χ1v) is 9.19. The van der Waals surface area contributed by atoms with Crippen molar-refractivity contribution in [3.63, 3.8) is 0 Å². The van der Waals surface area contributed by atoms with Crippen molar-refractivity contribution >= 4 is 5.91 Å². The summed E-state index contributed by atoms with van der Waals surface area (Å²) in [5.74, 6) is 1.68. The molecule has 0 radical (unpaired) electrons. The number of hydrogen-bond acceptors (Lipinski definition) is 4. The van der Waals surface area contributed by atoms with Crippen LogP contribution in [0.3, 0.4) is 0 Å². The Labute approximate surface area is 165 Å². The molecule has 3 aromatic rings. The average molecular weight is 379 g/mol. The standard InChI is InChI=1S/C22H25N3O3/c1-15(2)14-23-22(26)21-13-20(16-6-5-7-19(12-16)28-4)24-25(21)17-8-10-18(27-3)11-9-17/h5-13,15H,14H2,1-4H3,(H,23,26). The van der Waals surface area contributed by atoms with Crippen LogP contribution in [0.5, 0.6) is 11.5 Å². The van der Waals surface area contributed by atoms with Crippen LogP contribution in [0.25, 0.3) is 16.9 Å². The first-order valence-electron chi connectivity index (χ1n) is 9.19. The zero-order chi connectivity index (χ0) is 20.1. The summed E-state index contributed by atoms with van der Waals surface area (Å²) in [4.78, 5) is 12.8. The topological polar surface area (TPSA) is 65.4 Å². The van der Waals surface area contributed by atoms with Crippen LogP contribution in [-0.2, 0) is 0 Å². The van der Waals surface area contributed by atoms with Crippen LogP contribution in [0.1, 0.15) is 24.3 Å². The number of carbonyl (C=O) groups is 1. The molecule has 3 rings (SSSR count). The maximum absolute atomic E-state index is 12.8. The maximum atomic E-state index is 12.8. The fourth-order valence-corrected chi connectivity index (χ4v) is 2.77. The highest BCUT2D eigenvalue weighted by molar-refractivity contribution is 5.94. The lowest BCUT2D eigenvalue weighted by atomic mass is 10.1. The van der Waals surface area contributed by atoms with E-state index in [2.05, 4.69) is 24.3 Å². The van der Waals surface area contributed by atoms with E-state index in [1.54, 1.807) is 25.0 Å². The largest absolute Gasteiger partial charge is 0.497 e. The third-order valence-electron chi connectivity index (χ3n) is 4.30. The third-order valence-corrected chi connectivity index (χ3v) is 4.30. The van der Waals surface area contributed by atoms with Gasteiger partial charge in [0.2, 0.25) is 0 Å². The summed E-state index contributed by atoms with van der Waals surface area (Å²) >= 11 is 0. The van der Waals surface area contributed by atoms with Crippen molar-refractivity contribution in [2.24, 2.45) is 5.92 Å². The molecule has 0 fully saturated rings. The van der Waals surface area contributed by atoms with Crippen molar-refractivity contribution in [1.29, 1.82) is 0 Å². The number of methoxy groups -OCH3 is 2. The number of ether oxygens (including phenoxy) is 2. The highest BCUT2D eigenvalue weighted by atomic mass is 16.5. The Morgan fingerprint density at radius 2 is 1.75 bits per heavy atom. The molecule has 0 spiro atoms. The maximum Gasteiger partial charge on any atom is 0.270 e. The molecule has 146 valence electrons. The van der Waals surface area contributed by atoms with E-state index in [0.29, 0.717) is 23.9 Å². The second-order valence-corrected chi connectivity index (χ2v) is 6.86. The Morgan fingerprint density at radius 1 is 1.04 bits per heavy atom. The molecule has 1 N–H and O–H groups in total. The first kappa shape index (κ1) is 19.5. The minimum absolute atomic E-state index is 0.161. The number of rotatable bonds is 7. The van der Waals surface area contributed by atoms with Crippen molar-refractivity contribution < 1.29 is 14.3 Å². The molecule has 6 heteroatoms. The zero-order valence-electron chi connectivity index (χ0n) is 16.6. The fraction of sp³-hybridized carbons (Fsp3) is 0.273. The van der Waals surface area contributed by atoms with Gasteiger partial charge < -0.3 is 14.8 Å². The van der Waals surface area contributed by atoms with Gasteiger partial charge in [0.1, 0.15) is 17.2 Å². The normalized spacial score (nSPS) is 10.8. The predicted molar refractivity (Wildman–Crippen MR) is 109 cm³/mol. The Balaban J connectivity index is 2.04. The smallest absolute Gasteiger partial charge is 0.270 e. The second kappa shape index (κ2) is 8.61. The SMILES string of the molecule is COc1ccc(-n2nc(-c3cccc(OC)c3)cc2C(=O)NCC(C)C)cc1. The number of hydrogen-bond donors (Lipinski definition) is 1. The highest BCUT2D eigenvalue weighted by Crippen LogP contribution is 2.26. The van der Waals surface area contributed by atoms with Crippen LogP contribution in [0, 0.1) is 5.92 Å². The van der Waals surface area contributed by atoms with Gasteiger partial charge in [0.25, 0.3) is 5.91 Å². The molecule has 0 saturated carbocycles. The molecule has 1 heterocycles. The molecular formula is C22H25N3O3. The number of nitrogens with zero attached hydrogens (tertiary/aromatic N) is 2. The number of aromatic nitrogens is 2. The lowest BCUT2D eigenvalue weighted by Gasteiger charge is -2.10. The second-order valence-electron chi connectivity index (χ2n) is 6.86. The lowest BCUT2D eigenvalue weighted by Crippen LogP contribution is -2.29. The summed E-state index contributed by atoms with van der Waals surface area (Å²) in [6.07, 6.45) is 0. The summed E-state index contributed by atoms with van der Waals surface area (Å²) < 4.78 is 12.2. The monoisotopic (exact) mass is 379 g/mol. The Hall–Kier alpha value is -3.28. The van der Waals surface area contributed by atoms with E-state index in [9.17, 15) is 4.79 Å². The highest BCUT2D eigenvalue weighted by Gasteiger charge is 2.18. The summed E-state index contributed by atoms with van der Waals surface area (Å²) in [5, 5.41) is 7.66. The Bertz CT molecular complexity index is 946. The van der Waals surface area contributed by atoms with Crippen LogP contribution >= 0.6 is 0 Å². The van der Waals surface area contributed by atoms with Gasteiger partial charge in [-0.25, -0.2) is 4.68 Å². The van der Waals surface area contributed by atoms with E-state index in [4.69, 9.17) is 9.47 Å². The third kappa shape index (κ3) is 4.34. The molecule has 0 unspecified atom stereocenters. The van der Waals surface area contributed by atoms with Crippen molar-refractivity contribution in [2.75, 3.05) is 20.8 Å². The summed E-state index contributed by atoms with van der Waals surface area (Å²) in [7, 11) is 3.24. The van der Waals surface area contributed by atoms with Gasteiger partial charge in [-0.15, -0.1) is 0 Å². The molecule has 1 aromatic heterocycles. The van der Waals surface area contributed by atoms with Crippen molar-refractivity contribution in [3.8, 4) is 28.4 Å². The zero-order valence-corrected chi connectivity index (χ0v) is 16.6. The molecule has 6 nitrogen and oxygen atoms in total. The van der Waals surface area contributed by atoms with Gasteiger partial charge in [-0.1, -0.05) is 26.0 Å². The molecular weight excluding hydrogens is 354 g/mol. The summed E-state index contributed by atoms with van der Waals surface area (Å²) in [6, 6.07) is 16.9. The molecule has 1 amide bonds. The van der Waals surface area contributed by atoms with Crippen LogP contribution in [0.2, 0.25) is 0 Å². The van der Waals surface area contributed by atoms with E-state index in [1.807, 2.05) is 48.5 Å². The molecule has 0 bridgehead atoms. The van der Waals surface area contributed by atoms with E-state index >= 15 is 0 Å². The quantitative estimate of drug-likeness (QED) is 0.675. The van der Waals surface area contributed by atoms with Crippen LogP contribution in [0.4, 0.5) is 0 Å². The van der Waals surface area contributed by atoms with Crippen molar-refractivity contribution in [1.82, 2.24) is 15.1 Å². The van der Waals surface area contributed by atoms with E-state index in [-0.39, 0.29) is 5.91 Å². The Kier molecular flexibility index (Phi) is 5.99. The molecule has 28 heavy (non-hydrogen) atoms. The van der Waals surface area contributed by atoms with Gasteiger partial charge >= 0.3 is 0 Å². The van der Waals surface area contributed by atoms with Gasteiger partial charge in [-0.2, -0.15) is 5.10 Å². The molecule has 0 aliphatic rings. The summed E-state index contributed by atoms with van der Waals surface area (Å²) in [5.41, 5.74) is 2.84. The molecule has 0 aliphatic heterocycles. The minimum atomic E-state index is -0.161. The number of nitrogens with one attached hydrogen (secondary N) is 1. The van der Waals surface area contributed by atoms with E-state index in [0.717, 1.165) is 22.7 Å². The molecule has 0 atom stereocenters. The van der Waals surface area contributed by atoms with Gasteiger partial charge in [0.15, 0.2) is 0 Å². The molecule has 0 saturated heterocycles. The average Bonchev–Trinajstić information content (AvgIpc) is 3.17. The van der Waals surface area contributed by atoms with Crippen molar-refractivity contribution in [2.45, 2.75) is 13.8 Å². The van der Waals surface area contributed by atoms with Gasteiger partial charge in [0.05, 0.1) is 25.6 Å². The number of benzene rings is 2. The van der Waals surface area contributed by atoms with Crippen molar-refractivity contribution in [3.05, 3.63) is 60.3 Å². The lowest BCUT2D eigenvalue weighted by molar-refractivity contribution is 0.0941. The number of amides is 1. The number of carbonyl (C=O) groups excluding carboxylic acids is 1. The van der Waals surface area contributed by atoms with Crippen LogP contribution < -0.4 is 14.8 Å². The van der Waals surface area contributed by atoms with E-state index in [1.165, 1.54) is 0 Å². The van der Waals surface area contributed by atoms with Crippen LogP contribution in [0.15, 0.2) is 54.6 Å². The summed E-state index contributed by atoms with van der Waals surface area (Å²) in [6.45, 7) is 4.71. The van der Waals surface area contributed by atoms with Gasteiger partial charge in [-0.05, 0) is 48.4 Å². The molecule has 2 aromatic carbocycles. The van der Waals surface area contributed by atoms with Gasteiger partial charge in [-0.3, -0.25) is 4.79 Å². The fourth-order valence-electron chi connectivity index (χ4n) is 2.77. The van der Waals surface area contributed by atoms with E-state index < -0.39 is 0 Å². The minimum Gasteiger partial charge on any atom is -0.497 e. The Morgan fingerprint density at radius 3 is 2.39 bits per heavy atom. The van der Waals surface area contributed by atoms with Gasteiger partial charge in [0, 0.05) is 12.1 Å². The molecule has 0 aliphatic carbocycles.